The Morgan fingerprint density at radius 2 is 2.22 bits per heavy atom. The van der Waals surface area contributed by atoms with Crippen molar-refractivity contribution in [2.24, 2.45) is 0 Å². The average molecular weight is 243 g/mol. The minimum Gasteiger partial charge on any atom is -0.493 e. The SMILES string of the molecule is CCNC(c1ccoc1)C1COc2ccccc21. The second kappa shape index (κ2) is 4.86. The van der Waals surface area contributed by atoms with Crippen molar-refractivity contribution in [3.05, 3.63) is 54.0 Å². The standard InChI is InChI=1S/C15H17NO2/c1-2-16-15(11-7-8-17-9-11)13-10-18-14-6-4-3-5-12(13)14/h3-9,13,15-16H,2,10H2,1H3. The molecule has 2 heterocycles. The highest BCUT2D eigenvalue weighted by molar-refractivity contribution is 5.41. The summed E-state index contributed by atoms with van der Waals surface area (Å²) in [7, 11) is 0. The quantitative estimate of drug-likeness (QED) is 0.896. The van der Waals surface area contributed by atoms with E-state index in [0.29, 0.717) is 5.92 Å². The third-order valence-electron chi connectivity index (χ3n) is 3.47. The minimum atomic E-state index is 0.248. The van der Waals surface area contributed by atoms with Crippen LogP contribution >= 0.6 is 0 Å². The summed E-state index contributed by atoms with van der Waals surface area (Å²) in [4.78, 5) is 0. The summed E-state index contributed by atoms with van der Waals surface area (Å²) >= 11 is 0. The number of para-hydroxylation sites is 1. The summed E-state index contributed by atoms with van der Waals surface area (Å²) < 4.78 is 11.0. The second-order valence-electron chi connectivity index (χ2n) is 4.55. The van der Waals surface area contributed by atoms with Crippen molar-refractivity contribution in [1.82, 2.24) is 5.32 Å². The predicted octanol–water partition coefficient (Wildman–Crippen LogP) is 3.11. The van der Waals surface area contributed by atoms with Gasteiger partial charge in [-0.2, -0.15) is 0 Å². The molecule has 2 aromatic rings. The molecule has 0 spiro atoms. The Labute approximate surface area is 107 Å². The molecule has 3 rings (SSSR count). The highest BCUT2D eigenvalue weighted by atomic mass is 16.5. The number of nitrogens with one attached hydrogen (secondary N) is 1. The lowest BCUT2D eigenvalue weighted by molar-refractivity contribution is 0.300. The molecule has 0 bridgehead atoms. The van der Waals surface area contributed by atoms with Crippen molar-refractivity contribution in [2.45, 2.75) is 18.9 Å². The van der Waals surface area contributed by atoms with Gasteiger partial charge in [-0.1, -0.05) is 25.1 Å². The topological polar surface area (TPSA) is 34.4 Å². The summed E-state index contributed by atoms with van der Waals surface area (Å²) in [6.45, 7) is 3.77. The molecular weight excluding hydrogens is 226 g/mol. The van der Waals surface area contributed by atoms with Crippen molar-refractivity contribution in [3.8, 4) is 5.75 Å². The van der Waals surface area contributed by atoms with Crippen LogP contribution in [0.3, 0.4) is 0 Å². The van der Waals surface area contributed by atoms with Crippen LogP contribution in [0.1, 0.15) is 30.0 Å². The Morgan fingerprint density at radius 3 is 3.00 bits per heavy atom. The van der Waals surface area contributed by atoms with Crippen LogP contribution in [0.5, 0.6) is 5.75 Å². The van der Waals surface area contributed by atoms with Crippen molar-refractivity contribution >= 4 is 0 Å². The number of ether oxygens (including phenoxy) is 1. The molecule has 0 amide bonds. The first kappa shape index (κ1) is 11.4. The first-order chi connectivity index (χ1) is 8.90. The first-order valence-corrected chi connectivity index (χ1v) is 6.37. The van der Waals surface area contributed by atoms with Gasteiger partial charge in [0, 0.05) is 23.1 Å². The lowest BCUT2D eigenvalue weighted by Crippen LogP contribution is -2.27. The second-order valence-corrected chi connectivity index (χ2v) is 4.55. The maximum absolute atomic E-state index is 5.77. The molecule has 1 aliphatic heterocycles. The van der Waals surface area contributed by atoms with Crippen LogP contribution in [0.4, 0.5) is 0 Å². The summed E-state index contributed by atoms with van der Waals surface area (Å²) in [6.07, 6.45) is 3.54. The van der Waals surface area contributed by atoms with E-state index in [9.17, 15) is 0 Å². The molecule has 2 atom stereocenters. The number of furan rings is 1. The highest BCUT2D eigenvalue weighted by Gasteiger charge is 2.32. The Balaban J connectivity index is 1.93. The van der Waals surface area contributed by atoms with Gasteiger partial charge < -0.3 is 14.5 Å². The number of hydrogen-bond donors (Lipinski definition) is 1. The maximum atomic E-state index is 5.77. The number of hydrogen-bond acceptors (Lipinski definition) is 3. The number of fused-ring (bicyclic) bond motifs is 1. The molecule has 18 heavy (non-hydrogen) atoms. The van der Waals surface area contributed by atoms with E-state index in [1.54, 1.807) is 6.26 Å². The summed E-state index contributed by atoms with van der Waals surface area (Å²) in [5, 5.41) is 3.53. The van der Waals surface area contributed by atoms with Gasteiger partial charge in [-0.25, -0.2) is 0 Å². The van der Waals surface area contributed by atoms with Crippen LogP contribution < -0.4 is 10.1 Å². The zero-order valence-electron chi connectivity index (χ0n) is 10.4. The molecule has 0 aliphatic carbocycles. The third kappa shape index (κ3) is 1.91. The minimum absolute atomic E-state index is 0.248. The number of rotatable bonds is 4. The Hall–Kier alpha value is -1.74. The van der Waals surface area contributed by atoms with Gasteiger partial charge in [0.25, 0.3) is 0 Å². The van der Waals surface area contributed by atoms with E-state index >= 15 is 0 Å². The van der Waals surface area contributed by atoms with Crippen LogP contribution in [-0.2, 0) is 0 Å². The zero-order valence-corrected chi connectivity index (χ0v) is 10.4. The van der Waals surface area contributed by atoms with E-state index in [2.05, 4.69) is 24.4 Å². The van der Waals surface area contributed by atoms with Crippen LogP contribution in [0.2, 0.25) is 0 Å². The van der Waals surface area contributed by atoms with Gasteiger partial charge in [-0.15, -0.1) is 0 Å². The van der Waals surface area contributed by atoms with Crippen LogP contribution in [0, 0.1) is 0 Å². The Morgan fingerprint density at radius 1 is 1.33 bits per heavy atom. The van der Waals surface area contributed by atoms with Crippen LogP contribution in [-0.4, -0.2) is 13.2 Å². The largest absolute Gasteiger partial charge is 0.493 e. The average Bonchev–Trinajstić information content (AvgIpc) is 3.06. The fraction of sp³-hybridized carbons (Fsp3) is 0.333. The predicted molar refractivity (Wildman–Crippen MR) is 69.8 cm³/mol. The highest BCUT2D eigenvalue weighted by Crippen LogP contribution is 2.41. The van der Waals surface area contributed by atoms with Gasteiger partial charge in [0.1, 0.15) is 5.75 Å². The van der Waals surface area contributed by atoms with Gasteiger partial charge in [0.15, 0.2) is 0 Å². The monoisotopic (exact) mass is 243 g/mol. The van der Waals surface area contributed by atoms with Crippen LogP contribution in [0.25, 0.3) is 0 Å². The van der Waals surface area contributed by atoms with E-state index in [1.165, 1.54) is 11.1 Å². The fourth-order valence-corrected chi connectivity index (χ4v) is 2.63. The lowest BCUT2D eigenvalue weighted by Gasteiger charge is -2.22. The normalized spacial score (nSPS) is 19.3. The summed E-state index contributed by atoms with van der Waals surface area (Å²) in [5.74, 6) is 1.35. The van der Waals surface area contributed by atoms with E-state index < -0.39 is 0 Å². The molecule has 3 heteroatoms. The van der Waals surface area contributed by atoms with Crippen molar-refractivity contribution in [2.75, 3.05) is 13.2 Å². The molecule has 1 aromatic heterocycles. The van der Waals surface area contributed by atoms with Gasteiger partial charge in [-0.05, 0) is 18.7 Å². The number of benzene rings is 1. The molecule has 0 saturated carbocycles. The van der Waals surface area contributed by atoms with Gasteiger partial charge in [-0.3, -0.25) is 0 Å². The first-order valence-electron chi connectivity index (χ1n) is 6.37. The summed E-state index contributed by atoms with van der Waals surface area (Å²) in [5.41, 5.74) is 2.46. The molecule has 0 radical (unpaired) electrons. The van der Waals surface area contributed by atoms with E-state index in [1.807, 2.05) is 24.5 Å². The molecule has 3 nitrogen and oxygen atoms in total. The molecule has 2 unspecified atom stereocenters. The molecule has 0 fully saturated rings. The maximum Gasteiger partial charge on any atom is 0.122 e. The van der Waals surface area contributed by atoms with E-state index in [-0.39, 0.29) is 6.04 Å². The fourth-order valence-electron chi connectivity index (χ4n) is 2.63. The Bertz CT molecular complexity index is 505. The number of likely N-dealkylation sites (N-methyl/N-ethyl adjacent to an activating group) is 1. The molecule has 1 aliphatic rings. The molecular formula is C15H17NO2. The van der Waals surface area contributed by atoms with E-state index in [0.717, 1.165) is 18.9 Å². The van der Waals surface area contributed by atoms with E-state index in [4.69, 9.17) is 9.15 Å². The summed E-state index contributed by atoms with van der Waals surface area (Å²) in [6, 6.07) is 10.5. The van der Waals surface area contributed by atoms with Crippen LogP contribution in [0.15, 0.2) is 47.3 Å². The molecule has 1 aromatic carbocycles. The lowest BCUT2D eigenvalue weighted by atomic mass is 9.90. The molecule has 0 saturated heterocycles. The molecule has 1 N–H and O–H groups in total. The Kier molecular flexibility index (Phi) is 3.07. The molecule has 94 valence electrons. The van der Waals surface area contributed by atoms with Crippen molar-refractivity contribution in [3.63, 3.8) is 0 Å². The smallest absolute Gasteiger partial charge is 0.122 e. The third-order valence-corrected chi connectivity index (χ3v) is 3.47. The van der Waals surface area contributed by atoms with Gasteiger partial charge in [0.05, 0.1) is 19.1 Å². The van der Waals surface area contributed by atoms with Gasteiger partial charge in [0.2, 0.25) is 0 Å². The van der Waals surface area contributed by atoms with Gasteiger partial charge >= 0.3 is 0 Å². The van der Waals surface area contributed by atoms with Crippen molar-refractivity contribution < 1.29 is 9.15 Å². The zero-order chi connectivity index (χ0) is 12.4. The van der Waals surface area contributed by atoms with Crippen molar-refractivity contribution in [1.29, 1.82) is 0 Å².